The molecular weight excluding hydrogens is 300 g/mol. The van der Waals surface area contributed by atoms with Gasteiger partial charge < -0.3 is 9.84 Å². The van der Waals surface area contributed by atoms with Crippen molar-refractivity contribution < 1.29 is 14.6 Å². The van der Waals surface area contributed by atoms with Crippen molar-refractivity contribution in [1.29, 1.82) is 0 Å². The van der Waals surface area contributed by atoms with E-state index in [9.17, 15) is 9.90 Å². The molecule has 1 N–H and O–H groups in total. The molecule has 3 heteroatoms. The molecule has 0 aromatic heterocycles. The number of hydrogen-bond donors (Lipinski definition) is 1. The highest BCUT2D eigenvalue weighted by Gasteiger charge is 2.64. The predicted molar refractivity (Wildman–Crippen MR) is 91.1 cm³/mol. The fourth-order valence-corrected chi connectivity index (χ4v) is 8.19. The topological polar surface area (TPSA) is 46.5 Å². The minimum Gasteiger partial charge on any atom is -0.461 e. The van der Waals surface area contributed by atoms with Gasteiger partial charge in [-0.1, -0.05) is 13.8 Å². The SMILES string of the molecule is CC12CCC(O)CC1CCC1C2CCC2(C)C1CC1CC(=O)OC12. The van der Waals surface area contributed by atoms with Crippen LogP contribution < -0.4 is 0 Å². The Morgan fingerprint density at radius 3 is 2.62 bits per heavy atom. The molecule has 9 unspecified atom stereocenters. The molecule has 4 aliphatic carbocycles. The summed E-state index contributed by atoms with van der Waals surface area (Å²) >= 11 is 0. The number of carbonyl (C=O) groups is 1. The van der Waals surface area contributed by atoms with Crippen molar-refractivity contribution in [3.8, 4) is 0 Å². The van der Waals surface area contributed by atoms with Crippen LogP contribution in [0.25, 0.3) is 0 Å². The third kappa shape index (κ3) is 1.91. The van der Waals surface area contributed by atoms with Crippen LogP contribution in [0.3, 0.4) is 0 Å². The molecule has 3 nitrogen and oxygen atoms in total. The lowest BCUT2D eigenvalue weighted by Crippen LogP contribution is -2.54. The van der Waals surface area contributed by atoms with E-state index < -0.39 is 0 Å². The number of rotatable bonds is 0. The normalized spacial score (nSPS) is 59.1. The molecule has 134 valence electrons. The average Bonchev–Trinajstić information content (AvgIpc) is 3.03. The monoisotopic (exact) mass is 332 g/mol. The highest BCUT2D eigenvalue weighted by molar-refractivity contribution is 5.72. The molecule has 0 aromatic rings. The van der Waals surface area contributed by atoms with Gasteiger partial charge in [-0.2, -0.15) is 0 Å². The smallest absolute Gasteiger partial charge is 0.306 e. The second-order valence-electron chi connectivity index (χ2n) is 10.2. The third-order valence-electron chi connectivity index (χ3n) is 9.40. The Hall–Kier alpha value is -0.570. The van der Waals surface area contributed by atoms with E-state index in [1.54, 1.807) is 0 Å². The Kier molecular flexibility index (Phi) is 3.26. The van der Waals surface area contributed by atoms with Gasteiger partial charge in [-0.15, -0.1) is 0 Å². The molecule has 9 atom stereocenters. The Morgan fingerprint density at radius 2 is 1.79 bits per heavy atom. The molecule has 24 heavy (non-hydrogen) atoms. The summed E-state index contributed by atoms with van der Waals surface area (Å²) in [5.74, 6) is 3.67. The van der Waals surface area contributed by atoms with Crippen molar-refractivity contribution in [1.82, 2.24) is 0 Å². The number of hydrogen-bond acceptors (Lipinski definition) is 3. The fourth-order valence-electron chi connectivity index (χ4n) is 8.19. The lowest BCUT2D eigenvalue weighted by atomic mass is 9.45. The molecule has 0 spiro atoms. The van der Waals surface area contributed by atoms with Gasteiger partial charge in [-0.3, -0.25) is 4.79 Å². The Morgan fingerprint density at radius 1 is 1.00 bits per heavy atom. The Balaban J connectivity index is 1.44. The van der Waals surface area contributed by atoms with E-state index in [4.69, 9.17) is 4.74 Å². The van der Waals surface area contributed by atoms with Crippen molar-refractivity contribution in [2.75, 3.05) is 0 Å². The van der Waals surface area contributed by atoms with Crippen LogP contribution >= 0.6 is 0 Å². The Bertz CT molecular complexity index is 559. The van der Waals surface area contributed by atoms with Crippen molar-refractivity contribution in [3.05, 3.63) is 0 Å². The molecule has 1 heterocycles. The summed E-state index contributed by atoms with van der Waals surface area (Å²) in [7, 11) is 0. The molecule has 0 amide bonds. The maximum absolute atomic E-state index is 11.8. The van der Waals surface area contributed by atoms with Crippen LogP contribution in [-0.4, -0.2) is 23.3 Å². The van der Waals surface area contributed by atoms with E-state index in [0.29, 0.717) is 17.8 Å². The molecular formula is C21H32O3. The second kappa shape index (κ2) is 4.99. The largest absolute Gasteiger partial charge is 0.461 e. The van der Waals surface area contributed by atoms with Gasteiger partial charge in [-0.25, -0.2) is 0 Å². The zero-order chi connectivity index (χ0) is 16.7. The second-order valence-corrected chi connectivity index (χ2v) is 10.2. The molecule has 4 saturated carbocycles. The Labute approximate surface area is 145 Å². The molecule has 0 bridgehead atoms. The summed E-state index contributed by atoms with van der Waals surface area (Å²) in [5.41, 5.74) is 0.674. The molecule has 0 radical (unpaired) electrons. The van der Waals surface area contributed by atoms with Gasteiger partial charge in [0.25, 0.3) is 0 Å². The summed E-state index contributed by atoms with van der Waals surface area (Å²) < 4.78 is 5.81. The van der Waals surface area contributed by atoms with Gasteiger partial charge in [0.2, 0.25) is 0 Å². The lowest BCUT2D eigenvalue weighted by Gasteiger charge is -2.60. The van der Waals surface area contributed by atoms with Gasteiger partial charge in [0.05, 0.1) is 12.5 Å². The average molecular weight is 332 g/mol. The predicted octanol–water partition coefficient (Wildman–Crippen LogP) is 3.93. The first kappa shape index (κ1) is 15.7. The zero-order valence-corrected chi connectivity index (χ0v) is 15.2. The molecule has 1 aliphatic heterocycles. The van der Waals surface area contributed by atoms with Crippen LogP contribution in [0.15, 0.2) is 0 Å². The van der Waals surface area contributed by atoms with Crippen LogP contribution in [0.2, 0.25) is 0 Å². The van der Waals surface area contributed by atoms with Crippen LogP contribution in [0.5, 0.6) is 0 Å². The maximum atomic E-state index is 11.8. The summed E-state index contributed by atoms with van der Waals surface area (Å²) in [4.78, 5) is 11.8. The van der Waals surface area contributed by atoms with E-state index in [0.717, 1.165) is 36.5 Å². The first-order chi connectivity index (χ1) is 11.4. The van der Waals surface area contributed by atoms with Gasteiger partial charge >= 0.3 is 5.97 Å². The summed E-state index contributed by atoms with van der Waals surface area (Å²) in [6, 6.07) is 0. The van der Waals surface area contributed by atoms with Gasteiger partial charge in [0.1, 0.15) is 6.10 Å². The maximum Gasteiger partial charge on any atom is 0.306 e. The van der Waals surface area contributed by atoms with Crippen molar-refractivity contribution >= 4 is 5.97 Å². The number of esters is 1. The molecule has 0 aromatic carbocycles. The van der Waals surface area contributed by atoms with Gasteiger partial charge in [-0.05, 0) is 80.5 Å². The third-order valence-corrected chi connectivity index (χ3v) is 9.40. The van der Waals surface area contributed by atoms with Crippen molar-refractivity contribution in [2.45, 2.75) is 83.8 Å². The molecule has 5 fully saturated rings. The van der Waals surface area contributed by atoms with Crippen molar-refractivity contribution in [3.63, 3.8) is 0 Å². The van der Waals surface area contributed by atoms with Gasteiger partial charge in [0.15, 0.2) is 0 Å². The first-order valence-electron chi connectivity index (χ1n) is 10.3. The van der Waals surface area contributed by atoms with E-state index in [1.165, 1.54) is 38.5 Å². The van der Waals surface area contributed by atoms with E-state index in [-0.39, 0.29) is 23.6 Å². The zero-order valence-electron chi connectivity index (χ0n) is 15.2. The summed E-state index contributed by atoms with van der Waals surface area (Å²) in [5, 5.41) is 10.1. The number of carbonyl (C=O) groups excluding carboxylic acids is 1. The van der Waals surface area contributed by atoms with Crippen LogP contribution in [0.1, 0.15) is 71.6 Å². The minimum atomic E-state index is -0.0567. The standard InChI is InChI=1S/C21H32O3/c1-20-7-5-14(22)11-13(20)3-4-15-16(20)6-8-21(2)17(15)9-12-10-18(23)24-19(12)21/h12-17,19,22H,3-11H2,1-2H3. The highest BCUT2D eigenvalue weighted by atomic mass is 16.6. The van der Waals surface area contributed by atoms with Crippen LogP contribution in [-0.2, 0) is 9.53 Å². The van der Waals surface area contributed by atoms with Crippen LogP contribution in [0, 0.1) is 40.4 Å². The number of aliphatic hydroxyl groups is 1. The number of fused-ring (bicyclic) bond motifs is 7. The van der Waals surface area contributed by atoms with Gasteiger partial charge in [0, 0.05) is 11.3 Å². The summed E-state index contributed by atoms with van der Waals surface area (Å²) in [6.45, 7) is 4.97. The minimum absolute atomic E-state index is 0.0451. The quantitative estimate of drug-likeness (QED) is 0.684. The number of ether oxygens (including phenoxy) is 1. The van der Waals surface area contributed by atoms with E-state index >= 15 is 0 Å². The molecule has 1 saturated heterocycles. The first-order valence-corrected chi connectivity index (χ1v) is 10.3. The highest BCUT2D eigenvalue weighted by Crippen LogP contribution is 2.68. The fraction of sp³-hybridized carbons (Fsp3) is 0.952. The molecule has 5 rings (SSSR count). The van der Waals surface area contributed by atoms with Crippen LogP contribution in [0.4, 0.5) is 0 Å². The number of aliphatic hydroxyl groups excluding tert-OH is 1. The van der Waals surface area contributed by atoms with Crippen molar-refractivity contribution in [2.24, 2.45) is 40.4 Å². The van der Waals surface area contributed by atoms with E-state index in [2.05, 4.69) is 13.8 Å². The van der Waals surface area contributed by atoms with E-state index in [1.807, 2.05) is 0 Å². The molecule has 5 aliphatic rings. The lowest BCUT2D eigenvalue weighted by molar-refractivity contribution is -0.158. The summed E-state index contributed by atoms with van der Waals surface area (Å²) in [6.07, 6.45) is 10.5.